The van der Waals surface area contributed by atoms with Crippen LogP contribution >= 0.6 is 0 Å². The van der Waals surface area contributed by atoms with Crippen LogP contribution in [0.5, 0.6) is 5.75 Å². The van der Waals surface area contributed by atoms with E-state index >= 15 is 0 Å². The normalized spacial score (nSPS) is 14.4. The molecule has 0 bridgehead atoms. The van der Waals surface area contributed by atoms with Gasteiger partial charge in [-0.25, -0.2) is 0 Å². The van der Waals surface area contributed by atoms with Gasteiger partial charge in [-0.15, -0.1) is 0 Å². The van der Waals surface area contributed by atoms with Crippen molar-refractivity contribution < 1.29 is 13.9 Å². The predicted molar refractivity (Wildman–Crippen MR) is 81.1 cm³/mol. The molecule has 0 spiro atoms. The topological polar surface area (TPSA) is 39.4 Å². The maximum atomic E-state index is 12.7. The number of aryl methyl sites for hydroxylation is 1. The Morgan fingerprint density at radius 2 is 2.10 bits per heavy atom. The Bertz CT molecular complexity index is 639. The average molecular weight is 284 g/mol. The Morgan fingerprint density at radius 3 is 2.81 bits per heavy atom. The van der Waals surface area contributed by atoms with E-state index in [9.17, 15) is 4.79 Å². The molecule has 21 heavy (non-hydrogen) atoms. The number of carbonyl (C=O) groups excluding carboxylic acids is 1. The van der Waals surface area contributed by atoms with E-state index in [1.54, 1.807) is 12.1 Å². The second-order valence-electron chi connectivity index (χ2n) is 5.82. The maximum absolute atomic E-state index is 12.7. The molecule has 3 rings (SSSR count). The predicted octanol–water partition coefficient (Wildman–Crippen LogP) is 4.35. The zero-order valence-electron chi connectivity index (χ0n) is 12.5. The van der Waals surface area contributed by atoms with Crippen LogP contribution in [0.15, 0.2) is 34.9 Å². The fraction of sp³-hybridized carbons (Fsp3) is 0.389. The van der Waals surface area contributed by atoms with Crippen molar-refractivity contribution in [2.45, 2.75) is 39.0 Å². The third kappa shape index (κ3) is 2.73. The second kappa shape index (κ2) is 5.76. The highest BCUT2D eigenvalue weighted by atomic mass is 16.5. The van der Waals surface area contributed by atoms with Crippen molar-refractivity contribution in [1.29, 1.82) is 0 Å². The minimum absolute atomic E-state index is 0.0966. The molecule has 1 aliphatic heterocycles. The number of ketones is 1. The highest BCUT2D eigenvalue weighted by Crippen LogP contribution is 2.33. The molecule has 1 aromatic carbocycles. The Hall–Kier alpha value is -2.03. The summed E-state index contributed by atoms with van der Waals surface area (Å²) in [4.78, 5) is 12.7. The molecule has 3 nitrogen and oxygen atoms in total. The minimum atomic E-state index is -0.0966. The first-order valence-electron chi connectivity index (χ1n) is 7.54. The molecule has 0 unspecified atom stereocenters. The number of ether oxygens (including phenoxy) is 1. The zero-order valence-corrected chi connectivity index (χ0v) is 12.5. The smallest absolute Gasteiger partial charge is 0.231 e. The van der Waals surface area contributed by atoms with Crippen LogP contribution in [0.4, 0.5) is 0 Å². The summed E-state index contributed by atoms with van der Waals surface area (Å²) >= 11 is 0. The molecule has 2 aromatic rings. The molecule has 0 saturated carbocycles. The number of carbonyl (C=O) groups is 1. The molecule has 0 aliphatic carbocycles. The quantitative estimate of drug-likeness (QED) is 0.787. The van der Waals surface area contributed by atoms with Crippen molar-refractivity contribution >= 4 is 5.78 Å². The zero-order chi connectivity index (χ0) is 14.8. The van der Waals surface area contributed by atoms with E-state index in [0.717, 1.165) is 30.6 Å². The lowest BCUT2D eigenvalue weighted by Gasteiger charge is -2.16. The summed E-state index contributed by atoms with van der Waals surface area (Å²) in [6, 6.07) is 7.58. The van der Waals surface area contributed by atoms with Crippen LogP contribution < -0.4 is 4.74 Å². The van der Waals surface area contributed by atoms with Crippen molar-refractivity contribution in [2.24, 2.45) is 0 Å². The van der Waals surface area contributed by atoms with Crippen LogP contribution in [0.25, 0.3) is 0 Å². The molecule has 110 valence electrons. The Kier molecular flexibility index (Phi) is 3.82. The standard InChI is InChI=1S/C18H20O3/c1-12(2)14-10-13-6-3-4-8-21-18(13)15(11-14)17(19)16-7-5-9-20-16/h5,7,9-12H,3-4,6,8H2,1-2H3. The second-order valence-corrected chi connectivity index (χ2v) is 5.82. The van der Waals surface area contributed by atoms with E-state index in [2.05, 4.69) is 19.9 Å². The van der Waals surface area contributed by atoms with Gasteiger partial charge < -0.3 is 9.15 Å². The average Bonchev–Trinajstić information content (AvgIpc) is 2.90. The first-order chi connectivity index (χ1) is 10.2. The molecule has 0 amide bonds. The van der Waals surface area contributed by atoms with Gasteiger partial charge in [0.1, 0.15) is 5.75 Å². The van der Waals surface area contributed by atoms with Gasteiger partial charge >= 0.3 is 0 Å². The van der Waals surface area contributed by atoms with Crippen molar-refractivity contribution in [3.8, 4) is 5.75 Å². The molecular weight excluding hydrogens is 264 g/mol. The van der Waals surface area contributed by atoms with E-state index < -0.39 is 0 Å². The summed E-state index contributed by atoms with van der Waals surface area (Å²) < 4.78 is 11.1. The molecule has 0 saturated heterocycles. The van der Waals surface area contributed by atoms with Crippen molar-refractivity contribution in [3.05, 3.63) is 53.0 Å². The highest BCUT2D eigenvalue weighted by Gasteiger charge is 2.23. The van der Waals surface area contributed by atoms with E-state index in [1.165, 1.54) is 11.8 Å². The summed E-state index contributed by atoms with van der Waals surface area (Å²) in [5.41, 5.74) is 2.95. The first-order valence-corrected chi connectivity index (χ1v) is 7.54. The van der Waals surface area contributed by atoms with Crippen molar-refractivity contribution in [1.82, 2.24) is 0 Å². The van der Waals surface area contributed by atoms with Gasteiger partial charge in [0.25, 0.3) is 0 Å². The number of benzene rings is 1. The van der Waals surface area contributed by atoms with Gasteiger partial charge in [-0.1, -0.05) is 19.9 Å². The first kappa shape index (κ1) is 13.9. The number of furan rings is 1. The molecule has 0 N–H and O–H groups in total. The van der Waals surface area contributed by atoms with E-state index in [-0.39, 0.29) is 5.78 Å². The molecule has 3 heteroatoms. The third-order valence-corrected chi connectivity index (χ3v) is 3.93. The molecular formula is C18H20O3. The van der Waals surface area contributed by atoms with Crippen LogP contribution in [-0.2, 0) is 6.42 Å². The van der Waals surface area contributed by atoms with Gasteiger partial charge in [-0.2, -0.15) is 0 Å². The number of hydrogen-bond acceptors (Lipinski definition) is 3. The fourth-order valence-corrected chi connectivity index (χ4v) is 2.70. The van der Waals surface area contributed by atoms with Crippen LogP contribution in [0.2, 0.25) is 0 Å². The Labute approximate surface area is 124 Å². The van der Waals surface area contributed by atoms with Gasteiger partial charge in [0.2, 0.25) is 5.78 Å². The fourth-order valence-electron chi connectivity index (χ4n) is 2.70. The molecule has 0 atom stereocenters. The summed E-state index contributed by atoms with van der Waals surface area (Å²) in [7, 11) is 0. The lowest BCUT2D eigenvalue weighted by Crippen LogP contribution is -2.08. The third-order valence-electron chi connectivity index (χ3n) is 3.93. The summed E-state index contributed by atoms with van der Waals surface area (Å²) in [5.74, 6) is 1.40. The van der Waals surface area contributed by atoms with Crippen molar-refractivity contribution in [3.63, 3.8) is 0 Å². The van der Waals surface area contributed by atoms with Crippen LogP contribution in [0.3, 0.4) is 0 Å². The summed E-state index contributed by atoms with van der Waals surface area (Å²) in [5, 5.41) is 0. The molecule has 0 radical (unpaired) electrons. The number of fused-ring (bicyclic) bond motifs is 1. The summed E-state index contributed by atoms with van der Waals surface area (Å²) in [6.45, 7) is 4.95. The highest BCUT2D eigenvalue weighted by molar-refractivity contribution is 6.09. The number of rotatable bonds is 3. The Balaban J connectivity index is 2.13. The molecule has 0 fully saturated rings. The van der Waals surface area contributed by atoms with Crippen LogP contribution in [-0.4, -0.2) is 12.4 Å². The molecule has 2 heterocycles. The van der Waals surface area contributed by atoms with Gasteiger partial charge in [-0.3, -0.25) is 4.79 Å². The summed E-state index contributed by atoms with van der Waals surface area (Å²) in [6.07, 6.45) is 4.62. The monoisotopic (exact) mass is 284 g/mol. The van der Waals surface area contributed by atoms with E-state index in [1.807, 2.05) is 6.07 Å². The van der Waals surface area contributed by atoms with E-state index in [4.69, 9.17) is 9.15 Å². The van der Waals surface area contributed by atoms with Gasteiger partial charge in [-0.05, 0) is 54.5 Å². The SMILES string of the molecule is CC(C)c1cc2c(c(C(=O)c3ccco3)c1)OCCCC2. The number of hydrogen-bond donors (Lipinski definition) is 0. The lowest BCUT2D eigenvalue weighted by atomic mass is 9.93. The van der Waals surface area contributed by atoms with E-state index in [0.29, 0.717) is 23.8 Å². The maximum Gasteiger partial charge on any atom is 0.231 e. The molecule has 1 aliphatic rings. The van der Waals surface area contributed by atoms with Crippen LogP contribution in [0, 0.1) is 0 Å². The largest absolute Gasteiger partial charge is 0.493 e. The lowest BCUT2D eigenvalue weighted by molar-refractivity contribution is 0.100. The van der Waals surface area contributed by atoms with Crippen LogP contribution in [0.1, 0.15) is 59.9 Å². The Morgan fingerprint density at radius 1 is 1.24 bits per heavy atom. The van der Waals surface area contributed by atoms with Gasteiger partial charge in [0, 0.05) is 0 Å². The molecule has 1 aromatic heterocycles. The van der Waals surface area contributed by atoms with Crippen molar-refractivity contribution in [2.75, 3.05) is 6.61 Å². The van der Waals surface area contributed by atoms with Gasteiger partial charge in [0.15, 0.2) is 5.76 Å². The minimum Gasteiger partial charge on any atom is -0.493 e. The van der Waals surface area contributed by atoms with Gasteiger partial charge in [0.05, 0.1) is 18.4 Å².